The molecule has 16 heavy (non-hydrogen) atoms. The molecule has 0 saturated carbocycles. The van der Waals surface area contributed by atoms with Crippen molar-refractivity contribution in [3.05, 3.63) is 0 Å². The smallest absolute Gasteiger partial charge is 0.238 e. The summed E-state index contributed by atoms with van der Waals surface area (Å²) in [4.78, 5) is 11.7. The quantitative estimate of drug-likeness (QED) is 0.584. The Morgan fingerprint density at radius 2 is 2.06 bits per heavy atom. The Labute approximate surface area is 98.6 Å². The van der Waals surface area contributed by atoms with Crippen molar-refractivity contribution < 1.29 is 4.79 Å². The molecule has 0 bridgehead atoms. The third-order valence-electron chi connectivity index (χ3n) is 2.99. The molecule has 4 heteroatoms. The van der Waals surface area contributed by atoms with E-state index in [2.05, 4.69) is 29.8 Å². The van der Waals surface area contributed by atoms with Gasteiger partial charge >= 0.3 is 0 Å². The zero-order valence-electron chi connectivity index (χ0n) is 10.5. The summed E-state index contributed by atoms with van der Waals surface area (Å²) in [5.74, 6) is 0.135. The van der Waals surface area contributed by atoms with Crippen LogP contribution in [0.1, 0.15) is 39.5 Å². The van der Waals surface area contributed by atoms with Gasteiger partial charge in [-0.25, -0.2) is 0 Å². The van der Waals surface area contributed by atoms with Gasteiger partial charge in [-0.05, 0) is 13.3 Å². The first-order valence-electron chi connectivity index (χ1n) is 6.48. The lowest BCUT2D eigenvalue weighted by molar-refractivity contribution is -0.123. The summed E-state index contributed by atoms with van der Waals surface area (Å²) in [5.41, 5.74) is 0. The largest absolute Gasteiger partial charge is 0.355 e. The average molecular weight is 227 g/mol. The minimum atomic E-state index is -0.0534. The molecule has 0 aromatic carbocycles. The Morgan fingerprint density at radius 3 is 2.69 bits per heavy atom. The van der Waals surface area contributed by atoms with Crippen molar-refractivity contribution >= 4 is 5.91 Å². The molecule has 0 aliphatic carbocycles. The first kappa shape index (κ1) is 13.5. The van der Waals surface area contributed by atoms with Crippen LogP contribution in [-0.4, -0.2) is 37.6 Å². The van der Waals surface area contributed by atoms with Gasteiger partial charge in [-0.1, -0.05) is 26.2 Å². The molecule has 4 nitrogen and oxygen atoms in total. The predicted molar refractivity (Wildman–Crippen MR) is 66.4 cm³/mol. The minimum absolute atomic E-state index is 0.0534. The van der Waals surface area contributed by atoms with E-state index in [1.807, 2.05) is 0 Å². The maximum absolute atomic E-state index is 11.7. The van der Waals surface area contributed by atoms with Crippen molar-refractivity contribution in [3.63, 3.8) is 0 Å². The van der Waals surface area contributed by atoms with Gasteiger partial charge in [0.1, 0.15) is 0 Å². The Balaban J connectivity index is 2.06. The van der Waals surface area contributed by atoms with E-state index in [-0.39, 0.29) is 11.9 Å². The summed E-state index contributed by atoms with van der Waals surface area (Å²) in [6.07, 6.45) is 4.80. The zero-order valence-corrected chi connectivity index (χ0v) is 10.5. The molecular weight excluding hydrogens is 202 g/mol. The first-order valence-corrected chi connectivity index (χ1v) is 6.48. The molecule has 1 amide bonds. The SMILES string of the molecule is CCCCCCNC(=O)C1CNC(C)CN1. The molecule has 2 atom stereocenters. The van der Waals surface area contributed by atoms with Crippen molar-refractivity contribution in [2.24, 2.45) is 0 Å². The first-order chi connectivity index (χ1) is 7.74. The molecular formula is C12H25N3O. The molecule has 1 rings (SSSR count). The highest BCUT2D eigenvalue weighted by atomic mass is 16.2. The Bertz CT molecular complexity index is 200. The number of carbonyl (C=O) groups is 1. The van der Waals surface area contributed by atoms with Crippen molar-refractivity contribution in [2.75, 3.05) is 19.6 Å². The van der Waals surface area contributed by atoms with Gasteiger partial charge in [-0.2, -0.15) is 0 Å². The fraction of sp³-hybridized carbons (Fsp3) is 0.917. The molecule has 94 valence electrons. The van der Waals surface area contributed by atoms with Gasteiger partial charge < -0.3 is 16.0 Å². The van der Waals surface area contributed by atoms with Crippen LogP contribution in [-0.2, 0) is 4.79 Å². The number of nitrogens with one attached hydrogen (secondary N) is 3. The molecule has 0 aromatic heterocycles. The van der Waals surface area contributed by atoms with Crippen LogP contribution in [0.15, 0.2) is 0 Å². The summed E-state index contributed by atoms with van der Waals surface area (Å²) in [6.45, 7) is 6.73. The second kappa shape index (κ2) is 7.63. The lowest BCUT2D eigenvalue weighted by Gasteiger charge is -2.28. The van der Waals surface area contributed by atoms with Gasteiger partial charge in [-0.15, -0.1) is 0 Å². The van der Waals surface area contributed by atoms with Crippen LogP contribution >= 0.6 is 0 Å². The van der Waals surface area contributed by atoms with E-state index >= 15 is 0 Å². The standard InChI is InChI=1S/C12H25N3O/c1-3-4-5-6-7-13-12(16)11-9-14-10(2)8-15-11/h10-11,14-15H,3-9H2,1-2H3,(H,13,16). The molecule has 0 radical (unpaired) electrons. The molecule has 0 spiro atoms. The summed E-state index contributed by atoms with van der Waals surface area (Å²) in [5, 5.41) is 9.53. The summed E-state index contributed by atoms with van der Waals surface area (Å²) in [6, 6.07) is 0.413. The molecule has 1 aliphatic rings. The van der Waals surface area contributed by atoms with Crippen LogP contribution in [0.4, 0.5) is 0 Å². The maximum Gasteiger partial charge on any atom is 0.238 e. The molecule has 3 N–H and O–H groups in total. The van der Waals surface area contributed by atoms with Crippen molar-refractivity contribution in [1.29, 1.82) is 0 Å². The van der Waals surface area contributed by atoms with Crippen LogP contribution in [0.5, 0.6) is 0 Å². The molecule has 1 saturated heterocycles. The minimum Gasteiger partial charge on any atom is -0.355 e. The van der Waals surface area contributed by atoms with Crippen molar-refractivity contribution in [3.8, 4) is 0 Å². The van der Waals surface area contributed by atoms with Gasteiger partial charge in [0.2, 0.25) is 5.91 Å². The molecule has 1 fully saturated rings. The summed E-state index contributed by atoms with van der Waals surface area (Å²) >= 11 is 0. The Hall–Kier alpha value is -0.610. The fourth-order valence-electron chi connectivity index (χ4n) is 1.85. The lowest BCUT2D eigenvalue weighted by atomic mass is 10.1. The van der Waals surface area contributed by atoms with Crippen LogP contribution in [0, 0.1) is 0 Å². The van der Waals surface area contributed by atoms with E-state index in [0.717, 1.165) is 26.1 Å². The van der Waals surface area contributed by atoms with E-state index in [1.165, 1.54) is 19.3 Å². The predicted octanol–water partition coefficient (Wildman–Crippen LogP) is 0.633. The number of hydrogen-bond acceptors (Lipinski definition) is 3. The van der Waals surface area contributed by atoms with E-state index in [9.17, 15) is 4.79 Å². The molecule has 2 unspecified atom stereocenters. The lowest BCUT2D eigenvalue weighted by Crippen LogP contribution is -2.58. The van der Waals surface area contributed by atoms with E-state index in [0.29, 0.717) is 6.04 Å². The van der Waals surface area contributed by atoms with Gasteiger partial charge in [0.15, 0.2) is 0 Å². The number of unbranched alkanes of at least 4 members (excludes halogenated alkanes) is 3. The van der Waals surface area contributed by atoms with Crippen LogP contribution in [0.2, 0.25) is 0 Å². The normalized spacial score (nSPS) is 25.4. The third-order valence-corrected chi connectivity index (χ3v) is 2.99. The van der Waals surface area contributed by atoms with Gasteiger partial charge in [0, 0.05) is 25.7 Å². The van der Waals surface area contributed by atoms with E-state index in [1.54, 1.807) is 0 Å². The molecule has 1 aliphatic heterocycles. The maximum atomic E-state index is 11.7. The van der Waals surface area contributed by atoms with Crippen LogP contribution < -0.4 is 16.0 Å². The Kier molecular flexibility index (Phi) is 6.42. The second-order valence-electron chi connectivity index (χ2n) is 4.62. The average Bonchev–Trinajstić information content (AvgIpc) is 2.29. The highest BCUT2D eigenvalue weighted by Crippen LogP contribution is 1.98. The number of amides is 1. The van der Waals surface area contributed by atoms with Gasteiger partial charge in [0.05, 0.1) is 6.04 Å². The Morgan fingerprint density at radius 1 is 1.25 bits per heavy atom. The molecule has 0 aromatic rings. The highest BCUT2D eigenvalue weighted by Gasteiger charge is 2.22. The number of rotatable bonds is 6. The monoisotopic (exact) mass is 227 g/mol. The van der Waals surface area contributed by atoms with Gasteiger partial charge in [-0.3, -0.25) is 4.79 Å². The zero-order chi connectivity index (χ0) is 11.8. The highest BCUT2D eigenvalue weighted by molar-refractivity contribution is 5.82. The van der Waals surface area contributed by atoms with E-state index in [4.69, 9.17) is 0 Å². The summed E-state index contributed by atoms with van der Waals surface area (Å²) in [7, 11) is 0. The number of hydrogen-bond donors (Lipinski definition) is 3. The van der Waals surface area contributed by atoms with Crippen LogP contribution in [0.3, 0.4) is 0 Å². The molecule has 1 heterocycles. The van der Waals surface area contributed by atoms with Gasteiger partial charge in [0.25, 0.3) is 0 Å². The number of carbonyl (C=O) groups excluding carboxylic acids is 1. The van der Waals surface area contributed by atoms with Crippen molar-refractivity contribution in [2.45, 2.75) is 51.6 Å². The topological polar surface area (TPSA) is 53.2 Å². The third kappa shape index (κ3) is 4.94. The second-order valence-corrected chi connectivity index (χ2v) is 4.62. The van der Waals surface area contributed by atoms with Crippen molar-refractivity contribution in [1.82, 2.24) is 16.0 Å². The van der Waals surface area contributed by atoms with Crippen LogP contribution in [0.25, 0.3) is 0 Å². The number of piperazine rings is 1. The fourth-order valence-corrected chi connectivity index (χ4v) is 1.85. The summed E-state index contributed by atoms with van der Waals surface area (Å²) < 4.78 is 0. The van der Waals surface area contributed by atoms with E-state index < -0.39 is 0 Å².